The highest BCUT2D eigenvalue weighted by Gasteiger charge is 2.28. The summed E-state index contributed by atoms with van der Waals surface area (Å²) in [7, 11) is 4.15. The number of benzene rings is 1. The maximum absolute atomic E-state index is 13.4. The van der Waals surface area contributed by atoms with Gasteiger partial charge < -0.3 is 10.6 Å². The highest BCUT2D eigenvalue weighted by molar-refractivity contribution is 5.21. The van der Waals surface area contributed by atoms with Crippen LogP contribution in [0.2, 0.25) is 0 Å². The molecule has 2 nitrogen and oxygen atoms in total. The summed E-state index contributed by atoms with van der Waals surface area (Å²) in [6.45, 7) is 0. The first kappa shape index (κ1) is 13.5. The molecule has 100 valence electrons. The van der Waals surface area contributed by atoms with Crippen molar-refractivity contribution in [1.82, 2.24) is 4.90 Å². The average Bonchev–Trinajstić information content (AvgIpc) is 2.32. The van der Waals surface area contributed by atoms with E-state index in [-0.39, 0.29) is 5.82 Å². The molecule has 1 unspecified atom stereocenters. The van der Waals surface area contributed by atoms with Crippen molar-refractivity contribution in [1.29, 1.82) is 0 Å². The second-order valence-corrected chi connectivity index (χ2v) is 5.64. The van der Waals surface area contributed by atoms with Gasteiger partial charge in [0.25, 0.3) is 0 Å². The van der Waals surface area contributed by atoms with Crippen LogP contribution in [0.3, 0.4) is 0 Å². The Bertz CT molecular complexity index is 384. The van der Waals surface area contributed by atoms with Gasteiger partial charge in [-0.25, -0.2) is 4.39 Å². The van der Waals surface area contributed by atoms with Crippen molar-refractivity contribution in [2.24, 2.45) is 11.7 Å². The van der Waals surface area contributed by atoms with Crippen LogP contribution in [0.1, 0.15) is 37.3 Å². The fourth-order valence-electron chi connectivity index (χ4n) is 3.14. The van der Waals surface area contributed by atoms with Gasteiger partial charge >= 0.3 is 0 Å². The molecule has 0 bridgehead atoms. The predicted molar refractivity (Wildman–Crippen MR) is 72.8 cm³/mol. The average molecular weight is 250 g/mol. The van der Waals surface area contributed by atoms with Gasteiger partial charge in [0.1, 0.15) is 5.82 Å². The van der Waals surface area contributed by atoms with Gasteiger partial charge in [-0.2, -0.15) is 0 Å². The molecule has 0 aromatic heterocycles. The molecular formula is C15H23FN2. The molecule has 0 amide bonds. The summed E-state index contributed by atoms with van der Waals surface area (Å²) in [6.07, 6.45) is 4.45. The normalized spacial score (nSPS) is 26.3. The van der Waals surface area contributed by atoms with Crippen LogP contribution in [0.25, 0.3) is 0 Å². The Hall–Kier alpha value is -0.930. The summed E-state index contributed by atoms with van der Waals surface area (Å²) in [5.74, 6) is 0.438. The molecule has 1 aromatic rings. The summed E-state index contributed by atoms with van der Waals surface area (Å²) < 4.78 is 13.4. The molecule has 0 radical (unpaired) electrons. The van der Waals surface area contributed by atoms with E-state index in [2.05, 4.69) is 19.0 Å². The SMILES string of the molecule is CN(C)C(c1cccc(F)c1)C1CCC(N)CC1. The van der Waals surface area contributed by atoms with E-state index in [1.807, 2.05) is 6.07 Å². The van der Waals surface area contributed by atoms with Crippen LogP contribution < -0.4 is 5.73 Å². The van der Waals surface area contributed by atoms with Crippen LogP contribution in [-0.4, -0.2) is 25.0 Å². The molecule has 1 aliphatic rings. The van der Waals surface area contributed by atoms with Crippen molar-refractivity contribution >= 4 is 0 Å². The smallest absolute Gasteiger partial charge is 0.123 e. The number of hydrogen-bond donors (Lipinski definition) is 1. The minimum Gasteiger partial charge on any atom is -0.328 e. The molecule has 0 heterocycles. The molecule has 18 heavy (non-hydrogen) atoms. The van der Waals surface area contributed by atoms with Crippen molar-refractivity contribution in [2.75, 3.05) is 14.1 Å². The highest BCUT2D eigenvalue weighted by Crippen LogP contribution is 2.37. The van der Waals surface area contributed by atoms with Gasteiger partial charge in [0.15, 0.2) is 0 Å². The van der Waals surface area contributed by atoms with Gasteiger partial charge in [0.2, 0.25) is 0 Å². The Kier molecular flexibility index (Phi) is 4.36. The molecule has 1 fully saturated rings. The standard InChI is InChI=1S/C15H23FN2/c1-18(2)15(11-6-8-14(17)9-7-11)12-4-3-5-13(16)10-12/h3-5,10-11,14-15H,6-9,17H2,1-2H3. The molecule has 2 N–H and O–H groups in total. The Morgan fingerprint density at radius 1 is 1.22 bits per heavy atom. The molecule has 1 saturated carbocycles. The summed E-state index contributed by atoms with van der Waals surface area (Å²) in [4.78, 5) is 2.20. The third-order valence-electron chi connectivity index (χ3n) is 4.01. The maximum Gasteiger partial charge on any atom is 0.123 e. The molecule has 1 atom stereocenters. The van der Waals surface area contributed by atoms with E-state index in [1.54, 1.807) is 12.1 Å². The zero-order valence-corrected chi connectivity index (χ0v) is 11.3. The monoisotopic (exact) mass is 250 g/mol. The van der Waals surface area contributed by atoms with Crippen molar-refractivity contribution in [3.8, 4) is 0 Å². The van der Waals surface area contributed by atoms with Gasteiger partial charge in [-0.05, 0) is 63.4 Å². The number of nitrogens with zero attached hydrogens (tertiary/aromatic N) is 1. The molecule has 3 heteroatoms. The Balaban J connectivity index is 2.18. The van der Waals surface area contributed by atoms with Gasteiger partial charge in [-0.3, -0.25) is 0 Å². The molecule has 1 aliphatic carbocycles. The Labute approximate surface area is 109 Å². The van der Waals surface area contributed by atoms with Crippen molar-refractivity contribution in [3.05, 3.63) is 35.6 Å². The summed E-state index contributed by atoms with van der Waals surface area (Å²) in [5, 5.41) is 0. The number of hydrogen-bond acceptors (Lipinski definition) is 2. The molecular weight excluding hydrogens is 227 g/mol. The molecule has 1 aromatic carbocycles. The van der Waals surface area contributed by atoms with E-state index in [9.17, 15) is 4.39 Å². The van der Waals surface area contributed by atoms with E-state index >= 15 is 0 Å². The van der Waals surface area contributed by atoms with E-state index in [0.717, 1.165) is 31.2 Å². The maximum atomic E-state index is 13.4. The lowest BCUT2D eigenvalue weighted by Crippen LogP contribution is -2.34. The minimum absolute atomic E-state index is 0.146. The lowest BCUT2D eigenvalue weighted by molar-refractivity contribution is 0.164. The van der Waals surface area contributed by atoms with E-state index in [0.29, 0.717) is 18.0 Å². The predicted octanol–water partition coefficient (Wildman–Crippen LogP) is 2.95. The summed E-state index contributed by atoms with van der Waals surface area (Å²) >= 11 is 0. The highest BCUT2D eigenvalue weighted by atomic mass is 19.1. The van der Waals surface area contributed by atoms with Gasteiger partial charge in [0, 0.05) is 12.1 Å². The van der Waals surface area contributed by atoms with Crippen LogP contribution in [0.5, 0.6) is 0 Å². The lowest BCUT2D eigenvalue weighted by Gasteiger charge is -2.36. The zero-order chi connectivity index (χ0) is 13.1. The van der Waals surface area contributed by atoms with Crippen molar-refractivity contribution < 1.29 is 4.39 Å². The quantitative estimate of drug-likeness (QED) is 0.893. The van der Waals surface area contributed by atoms with Crippen LogP contribution in [-0.2, 0) is 0 Å². The summed E-state index contributed by atoms with van der Waals surface area (Å²) in [5.41, 5.74) is 7.05. The van der Waals surface area contributed by atoms with E-state index < -0.39 is 0 Å². The third-order valence-corrected chi connectivity index (χ3v) is 4.01. The fourth-order valence-corrected chi connectivity index (χ4v) is 3.14. The first-order valence-corrected chi connectivity index (χ1v) is 6.75. The third kappa shape index (κ3) is 3.09. The topological polar surface area (TPSA) is 29.3 Å². The molecule has 0 saturated heterocycles. The van der Waals surface area contributed by atoms with Gasteiger partial charge in [-0.15, -0.1) is 0 Å². The van der Waals surface area contributed by atoms with Crippen LogP contribution >= 0.6 is 0 Å². The van der Waals surface area contributed by atoms with Crippen molar-refractivity contribution in [3.63, 3.8) is 0 Å². The van der Waals surface area contributed by atoms with Crippen LogP contribution in [0.4, 0.5) is 4.39 Å². The van der Waals surface area contributed by atoms with Crippen LogP contribution in [0, 0.1) is 11.7 Å². The fraction of sp³-hybridized carbons (Fsp3) is 0.600. The first-order valence-electron chi connectivity index (χ1n) is 6.75. The Morgan fingerprint density at radius 2 is 1.89 bits per heavy atom. The van der Waals surface area contributed by atoms with Gasteiger partial charge in [0.05, 0.1) is 0 Å². The minimum atomic E-state index is -0.146. The number of halogens is 1. The van der Waals surface area contributed by atoms with Crippen molar-refractivity contribution in [2.45, 2.75) is 37.8 Å². The second kappa shape index (κ2) is 5.81. The number of nitrogens with two attached hydrogens (primary N) is 1. The molecule has 0 aliphatic heterocycles. The first-order chi connectivity index (χ1) is 8.58. The lowest BCUT2D eigenvalue weighted by atomic mass is 9.79. The van der Waals surface area contributed by atoms with Crippen LogP contribution in [0.15, 0.2) is 24.3 Å². The molecule has 2 rings (SSSR count). The largest absolute Gasteiger partial charge is 0.328 e. The molecule has 0 spiro atoms. The summed E-state index contributed by atoms with van der Waals surface area (Å²) in [6, 6.07) is 7.66. The Morgan fingerprint density at radius 3 is 2.44 bits per heavy atom. The van der Waals surface area contributed by atoms with E-state index in [4.69, 9.17) is 5.73 Å². The number of rotatable bonds is 3. The zero-order valence-electron chi connectivity index (χ0n) is 11.3. The van der Waals surface area contributed by atoms with E-state index in [1.165, 1.54) is 6.07 Å². The van der Waals surface area contributed by atoms with Gasteiger partial charge in [-0.1, -0.05) is 12.1 Å². The second-order valence-electron chi connectivity index (χ2n) is 5.64.